The van der Waals surface area contributed by atoms with E-state index in [9.17, 15) is 14.4 Å². The Morgan fingerprint density at radius 2 is 1.78 bits per heavy atom. The molecule has 7 nitrogen and oxygen atoms in total. The van der Waals surface area contributed by atoms with Crippen molar-refractivity contribution in [2.24, 2.45) is 0 Å². The summed E-state index contributed by atoms with van der Waals surface area (Å²) in [6.45, 7) is 0.864. The fourth-order valence-electron chi connectivity index (χ4n) is 2.34. The van der Waals surface area contributed by atoms with Gasteiger partial charge in [0.05, 0.1) is 30.5 Å². The molecule has 142 valence electrons. The quantitative estimate of drug-likeness (QED) is 0.575. The summed E-state index contributed by atoms with van der Waals surface area (Å²) in [6.07, 6.45) is 0. The zero-order valence-corrected chi connectivity index (χ0v) is 15.8. The van der Waals surface area contributed by atoms with Gasteiger partial charge in [-0.2, -0.15) is 0 Å². The van der Waals surface area contributed by atoms with Crippen LogP contribution in [-0.4, -0.2) is 38.5 Å². The zero-order valence-electron chi connectivity index (χ0n) is 15.0. The molecule has 2 aromatic carbocycles. The Kier molecular flexibility index (Phi) is 6.79. The van der Waals surface area contributed by atoms with Crippen LogP contribution in [0.4, 0.5) is 5.69 Å². The third-order valence-corrected chi connectivity index (χ3v) is 3.86. The van der Waals surface area contributed by atoms with Crippen LogP contribution in [0.15, 0.2) is 36.4 Å². The normalized spacial score (nSPS) is 10.1. The van der Waals surface area contributed by atoms with Gasteiger partial charge >= 0.3 is 5.97 Å². The molecule has 1 N–H and O–H groups in total. The van der Waals surface area contributed by atoms with Crippen molar-refractivity contribution in [1.29, 1.82) is 0 Å². The molecule has 0 bridgehead atoms. The van der Waals surface area contributed by atoms with Crippen LogP contribution in [0.5, 0.6) is 11.5 Å². The van der Waals surface area contributed by atoms with Crippen molar-refractivity contribution in [2.45, 2.75) is 6.92 Å². The predicted molar refractivity (Wildman–Crippen MR) is 99.9 cm³/mol. The molecule has 0 saturated carbocycles. The van der Waals surface area contributed by atoms with Gasteiger partial charge in [-0.3, -0.25) is 9.59 Å². The maximum atomic E-state index is 12.2. The van der Waals surface area contributed by atoms with Crippen molar-refractivity contribution in [3.63, 3.8) is 0 Å². The number of ether oxygens (including phenoxy) is 3. The highest BCUT2D eigenvalue weighted by Gasteiger charge is 2.17. The summed E-state index contributed by atoms with van der Waals surface area (Å²) < 4.78 is 15.2. The highest BCUT2D eigenvalue weighted by Crippen LogP contribution is 2.36. The van der Waals surface area contributed by atoms with E-state index in [0.717, 1.165) is 0 Å². The number of rotatable bonds is 7. The van der Waals surface area contributed by atoms with E-state index >= 15 is 0 Å². The smallest absolute Gasteiger partial charge is 0.338 e. The van der Waals surface area contributed by atoms with Gasteiger partial charge in [-0.05, 0) is 31.2 Å². The lowest BCUT2D eigenvalue weighted by Gasteiger charge is -2.12. The van der Waals surface area contributed by atoms with Gasteiger partial charge in [-0.1, -0.05) is 23.7 Å². The number of carbonyl (C=O) groups is 3. The molecule has 0 unspecified atom stereocenters. The van der Waals surface area contributed by atoms with Crippen LogP contribution in [0.2, 0.25) is 5.02 Å². The van der Waals surface area contributed by atoms with E-state index in [2.05, 4.69) is 5.32 Å². The molecular weight excluding hydrogens is 374 g/mol. The molecule has 0 aliphatic carbocycles. The van der Waals surface area contributed by atoms with Gasteiger partial charge in [0.25, 0.3) is 5.91 Å². The maximum absolute atomic E-state index is 12.2. The number of carbonyl (C=O) groups excluding carboxylic acids is 3. The summed E-state index contributed by atoms with van der Waals surface area (Å²) in [7, 11) is 2.83. The first-order valence-electron chi connectivity index (χ1n) is 7.85. The largest absolute Gasteiger partial charge is 0.493 e. The van der Waals surface area contributed by atoms with Crippen LogP contribution in [0.25, 0.3) is 0 Å². The van der Waals surface area contributed by atoms with Crippen molar-refractivity contribution >= 4 is 34.9 Å². The summed E-state index contributed by atoms with van der Waals surface area (Å²) in [6, 6.07) is 9.30. The van der Waals surface area contributed by atoms with E-state index < -0.39 is 18.5 Å². The first-order valence-corrected chi connectivity index (χ1v) is 8.23. The van der Waals surface area contributed by atoms with E-state index in [4.69, 9.17) is 25.8 Å². The van der Waals surface area contributed by atoms with Crippen LogP contribution in [0.1, 0.15) is 27.6 Å². The lowest BCUT2D eigenvalue weighted by Crippen LogP contribution is -2.22. The molecule has 0 atom stereocenters. The number of para-hydroxylation sites is 1. The van der Waals surface area contributed by atoms with Gasteiger partial charge in [-0.15, -0.1) is 0 Å². The Bertz CT molecular complexity index is 880. The maximum Gasteiger partial charge on any atom is 0.338 e. The second-order valence-electron chi connectivity index (χ2n) is 5.42. The molecule has 0 spiro atoms. The second kappa shape index (κ2) is 9.05. The summed E-state index contributed by atoms with van der Waals surface area (Å²) in [5.74, 6) is -0.981. The number of esters is 1. The van der Waals surface area contributed by atoms with Crippen LogP contribution in [0, 0.1) is 0 Å². The van der Waals surface area contributed by atoms with E-state index in [1.807, 2.05) is 0 Å². The van der Waals surface area contributed by atoms with Crippen molar-refractivity contribution in [2.75, 3.05) is 26.1 Å². The molecular formula is C19H18ClNO6. The predicted octanol–water partition coefficient (Wildman–Crippen LogP) is 3.36. The molecule has 0 radical (unpaired) electrons. The fourth-order valence-corrected chi connectivity index (χ4v) is 2.62. The molecule has 1 amide bonds. The Morgan fingerprint density at radius 1 is 1.07 bits per heavy atom. The van der Waals surface area contributed by atoms with Gasteiger partial charge in [0, 0.05) is 5.56 Å². The SMILES string of the molecule is COc1cc(C(=O)OCC(=O)Nc2ccccc2C(C)=O)cc(Cl)c1OC. The molecule has 0 aliphatic rings. The van der Waals surface area contributed by atoms with Gasteiger partial charge in [0.15, 0.2) is 23.9 Å². The van der Waals surface area contributed by atoms with Gasteiger partial charge in [0.1, 0.15) is 0 Å². The summed E-state index contributed by atoms with van der Waals surface area (Å²) in [5, 5.41) is 2.71. The van der Waals surface area contributed by atoms with Crippen LogP contribution >= 0.6 is 11.6 Å². The third-order valence-electron chi connectivity index (χ3n) is 3.58. The number of benzene rings is 2. The summed E-state index contributed by atoms with van der Waals surface area (Å²) in [5.41, 5.74) is 0.818. The summed E-state index contributed by atoms with van der Waals surface area (Å²) in [4.78, 5) is 35.8. The molecule has 27 heavy (non-hydrogen) atoms. The Balaban J connectivity index is 2.05. The highest BCUT2D eigenvalue weighted by molar-refractivity contribution is 6.32. The van der Waals surface area contributed by atoms with Crippen molar-refractivity contribution < 1.29 is 28.6 Å². The van der Waals surface area contributed by atoms with Crippen molar-refractivity contribution in [3.8, 4) is 11.5 Å². The zero-order chi connectivity index (χ0) is 20.0. The Hall–Kier alpha value is -3.06. The Labute approximate surface area is 161 Å². The van der Waals surface area contributed by atoms with Crippen molar-refractivity contribution in [3.05, 3.63) is 52.5 Å². The number of Topliss-reactive ketones (excluding diaryl/α,β-unsaturated/α-hetero) is 1. The minimum atomic E-state index is -0.757. The fraction of sp³-hybridized carbons (Fsp3) is 0.211. The number of ketones is 1. The third kappa shape index (κ3) is 4.98. The van der Waals surface area contributed by atoms with E-state index in [0.29, 0.717) is 11.3 Å². The first-order chi connectivity index (χ1) is 12.9. The average molecular weight is 392 g/mol. The van der Waals surface area contributed by atoms with E-state index in [1.165, 1.54) is 33.3 Å². The van der Waals surface area contributed by atoms with E-state index in [-0.39, 0.29) is 27.9 Å². The van der Waals surface area contributed by atoms with Gasteiger partial charge < -0.3 is 19.5 Å². The molecule has 2 aromatic rings. The molecule has 8 heteroatoms. The number of anilines is 1. The number of halogens is 1. The molecule has 0 aliphatic heterocycles. The standard InChI is InChI=1S/C19H18ClNO6/c1-11(22)13-6-4-5-7-15(13)21-17(23)10-27-19(24)12-8-14(20)18(26-3)16(9-12)25-2/h4-9H,10H2,1-3H3,(H,21,23). The minimum Gasteiger partial charge on any atom is -0.493 e. The average Bonchev–Trinajstić information content (AvgIpc) is 2.65. The van der Waals surface area contributed by atoms with Gasteiger partial charge in [0.2, 0.25) is 0 Å². The monoisotopic (exact) mass is 391 g/mol. The highest BCUT2D eigenvalue weighted by atomic mass is 35.5. The minimum absolute atomic E-state index is 0.106. The van der Waals surface area contributed by atoms with Crippen LogP contribution in [0.3, 0.4) is 0 Å². The number of nitrogens with one attached hydrogen (secondary N) is 1. The lowest BCUT2D eigenvalue weighted by molar-refractivity contribution is -0.119. The second-order valence-corrected chi connectivity index (χ2v) is 5.83. The molecule has 0 saturated heterocycles. The molecule has 0 fully saturated rings. The van der Waals surface area contributed by atoms with Crippen molar-refractivity contribution in [1.82, 2.24) is 0 Å². The summed E-state index contributed by atoms with van der Waals surface area (Å²) >= 11 is 6.05. The molecule has 0 aromatic heterocycles. The van der Waals surface area contributed by atoms with Crippen LogP contribution < -0.4 is 14.8 Å². The topological polar surface area (TPSA) is 90.9 Å². The number of methoxy groups -OCH3 is 2. The molecule has 2 rings (SSSR count). The first kappa shape index (κ1) is 20.3. The lowest BCUT2D eigenvalue weighted by atomic mass is 10.1. The van der Waals surface area contributed by atoms with Gasteiger partial charge in [-0.25, -0.2) is 4.79 Å². The number of hydrogen-bond acceptors (Lipinski definition) is 6. The Morgan fingerprint density at radius 3 is 2.41 bits per heavy atom. The number of amides is 1. The van der Waals surface area contributed by atoms with Crippen LogP contribution in [-0.2, 0) is 9.53 Å². The number of hydrogen-bond donors (Lipinski definition) is 1. The van der Waals surface area contributed by atoms with E-state index in [1.54, 1.807) is 24.3 Å². The molecule has 0 heterocycles.